The normalized spacial score (nSPS) is 21.4. The van der Waals surface area contributed by atoms with E-state index in [0.29, 0.717) is 19.4 Å². The minimum Gasteiger partial charge on any atom is -0.366 e. The van der Waals surface area contributed by atoms with Crippen LogP contribution in [0.4, 0.5) is 5.69 Å². The molecule has 18 heavy (non-hydrogen) atoms. The number of anilines is 1. The van der Waals surface area contributed by atoms with Crippen molar-refractivity contribution in [2.24, 2.45) is 0 Å². The van der Waals surface area contributed by atoms with Crippen LogP contribution >= 0.6 is 0 Å². The third-order valence-electron chi connectivity index (χ3n) is 3.20. The van der Waals surface area contributed by atoms with Gasteiger partial charge in [-0.3, -0.25) is 0 Å². The van der Waals surface area contributed by atoms with E-state index < -0.39 is 9.84 Å². The molecule has 0 bridgehead atoms. The second kappa shape index (κ2) is 5.40. The van der Waals surface area contributed by atoms with Gasteiger partial charge in [0.15, 0.2) is 9.84 Å². The van der Waals surface area contributed by atoms with Gasteiger partial charge in [-0.05, 0) is 18.6 Å². The zero-order valence-corrected chi connectivity index (χ0v) is 10.9. The molecule has 2 rings (SSSR count). The van der Waals surface area contributed by atoms with Crippen LogP contribution in [0, 0.1) is 11.3 Å². The van der Waals surface area contributed by atoms with Crippen LogP contribution in [0.25, 0.3) is 0 Å². The Hall–Kier alpha value is -1.54. The first-order chi connectivity index (χ1) is 8.62. The number of rotatable bonds is 4. The summed E-state index contributed by atoms with van der Waals surface area (Å²) in [7, 11) is -2.90. The van der Waals surface area contributed by atoms with E-state index in [1.807, 2.05) is 35.2 Å². The van der Waals surface area contributed by atoms with Gasteiger partial charge >= 0.3 is 0 Å². The van der Waals surface area contributed by atoms with Gasteiger partial charge in [-0.25, -0.2) is 8.42 Å². The van der Waals surface area contributed by atoms with Gasteiger partial charge in [-0.1, -0.05) is 18.2 Å². The van der Waals surface area contributed by atoms with Gasteiger partial charge in [0.05, 0.1) is 24.0 Å². The first-order valence-electron chi connectivity index (χ1n) is 6.01. The van der Waals surface area contributed by atoms with Crippen LogP contribution in [0.15, 0.2) is 30.3 Å². The van der Waals surface area contributed by atoms with Gasteiger partial charge in [0, 0.05) is 18.3 Å². The summed E-state index contributed by atoms with van der Waals surface area (Å²) in [5.74, 6) is 0.459. The lowest BCUT2D eigenvalue weighted by Gasteiger charge is -2.29. The average molecular weight is 264 g/mol. The van der Waals surface area contributed by atoms with Gasteiger partial charge in [-0.2, -0.15) is 5.26 Å². The molecule has 0 amide bonds. The number of nitrogens with zero attached hydrogens (tertiary/aromatic N) is 2. The van der Waals surface area contributed by atoms with E-state index in [4.69, 9.17) is 5.26 Å². The second-order valence-corrected chi connectivity index (χ2v) is 6.72. The number of benzene rings is 1. The van der Waals surface area contributed by atoms with E-state index in [2.05, 4.69) is 6.07 Å². The van der Waals surface area contributed by atoms with Crippen molar-refractivity contribution in [2.75, 3.05) is 23.0 Å². The van der Waals surface area contributed by atoms with Gasteiger partial charge in [0.1, 0.15) is 0 Å². The monoisotopic (exact) mass is 264 g/mol. The van der Waals surface area contributed by atoms with Gasteiger partial charge < -0.3 is 4.90 Å². The molecule has 0 aliphatic carbocycles. The Labute approximate surface area is 108 Å². The maximum absolute atomic E-state index is 11.6. The minimum atomic E-state index is -2.90. The first-order valence-corrected chi connectivity index (χ1v) is 7.83. The molecule has 1 heterocycles. The molecular weight excluding hydrogens is 248 g/mol. The molecule has 1 saturated heterocycles. The third kappa shape index (κ3) is 3.02. The summed E-state index contributed by atoms with van der Waals surface area (Å²) in [6.07, 6.45) is 1.06. The van der Waals surface area contributed by atoms with Crippen molar-refractivity contribution >= 4 is 15.5 Å². The Balaban J connectivity index is 2.19. The fraction of sp³-hybridized carbons (Fsp3) is 0.462. The summed E-state index contributed by atoms with van der Waals surface area (Å²) < 4.78 is 23.1. The highest BCUT2D eigenvalue weighted by Gasteiger charge is 2.32. The van der Waals surface area contributed by atoms with E-state index in [9.17, 15) is 8.42 Å². The SMILES string of the molecule is N#CCCN(c1ccccc1)C1CCS(=O)(=O)C1. The van der Waals surface area contributed by atoms with Crippen molar-refractivity contribution < 1.29 is 8.42 Å². The summed E-state index contributed by atoms with van der Waals surface area (Å²) in [6, 6.07) is 11.8. The highest BCUT2D eigenvalue weighted by Crippen LogP contribution is 2.24. The molecule has 1 aromatic carbocycles. The number of para-hydroxylation sites is 1. The largest absolute Gasteiger partial charge is 0.366 e. The minimum absolute atomic E-state index is 0.00532. The average Bonchev–Trinajstić information content (AvgIpc) is 2.72. The van der Waals surface area contributed by atoms with Crippen LogP contribution in [-0.2, 0) is 9.84 Å². The molecule has 0 aromatic heterocycles. The molecule has 1 aliphatic heterocycles. The molecule has 1 fully saturated rings. The quantitative estimate of drug-likeness (QED) is 0.828. The van der Waals surface area contributed by atoms with E-state index in [-0.39, 0.29) is 17.5 Å². The molecule has 0 spiro atoms. The lowest BCUT2D eigenvalue weighted by atomic mass is 10.1. The molecule has 0 saturated carbocycles. The molecule has 4 nitrogen and oxygen atoms in total. The number of hydrogen-bond donors (Lipinski definition) is 0. The number of nitriles is 1. The lowest BCUT2D eigenvalue weighted by Crippen LogP contribution is -2.37. The third-order valence-corrected chi connectivity index (χ3v) is 4.95. The Morgan fingerprint density at radius 1 is 1.33 bits per heavy atom. The fourth-order valence-corrected chi connectivity index (χ4v) is 4.06. The molecule has 0 radical (unpaired) electrons. The smallest absolute Gasteiger partial charge is 0.152 e. The zero-order chi connectivity index (χ0) is 13.0. The topological polar surface area (TPSA) is 61.2 Å². The number of hydrogen-bond acceptors (Lipinski definition) is 4. The zero-order valence-electron chi connectivity index (χ0n) is 10.1. The van der Waals surface area contributed by atoms with Gasteiger partial charge in [-0.15, -0.1) is 0 Å². The van der Waals surface area contributed by atoms with Crippen LogP contribution in [0.5, 0.6) is 0 Å². The Morgan fingerprint density at radius 2 is 2.06 bits per heavy atom. The maximum atomic E-state index is 11.6. The highest BCUT2D eigenvalue weighted by atomic mass is 32.2. The molecule has 96 valence electrons. The van der Waals surface area contributed by atoms with Crippen LogP contribution < -0.4 is 4.90 Å². The summed E-state index contributed by atoms with van der Waals surface area (Å²) in [5.41, 5.74) is 0.995. The predicted octanol–water partition coefficient (Wildman–Crippen LogP) is 1.59. The van der Waals surface area contributed by atoms with E-state index in [0.717, 1.165) is 5.69 Å². The predicted molar refractivity (Wildman–Crippen MR) is 71.1 cm³/mol. The van der Waals surface area contributed by atoms with Crippen molar-refractivity contribution in [3.8, 4) is 6.07 Å². The standard InChI is InChI=1S/C13H16N2O2S/c14-8-4-9-15(12-5-2-1-3-6-12)13-7-10-18(16,17)11-13/h1-3,5-6,13H,4,7,9-11H2. The highest BCUT2D eigenvalue weighted by molar-refractivity contribution is 7.91. The summed E-state index contributed by atoms with van der Waals surface area (Å²) in [6.45, 7) is 0.584. The summed E-state index contributed by atoms with van der Waals surface area (Å²) in [4.78, 5) is 2.05. The molecule has 1 unspecified atom stereocenters. The summed E-state index contributed by atoms with van der Waals surface area (Å²) in [5, 5.41) is 8.71. The molecule has 0 N–H and O–H groups in total. The molecule has 1 aliphatic rings. The number of sulfone groups is 1. The fourth-order valence-electron chi connectivity index (χ4n) is 2.33. The Kier molecular flexibility index (Phi) is 3.87. The molecular formula is C13H16N2O2S. The Bertz CT molecular complexity index is 534. The molecule has 5 heteroatoms. The van der Waals surface area contributed by atoms with Crippen LogP contribution in [0.3, 0.4) is 0 Å². The van der Waals surface area contributed by atoms with Crippen molar-refractivity contribution in [3.05, 3.63) is 30.3 Å². The van der Waals surface area contributed by atoms with E-state index in [1.54, 1.807) is 0 Å². The Morgan fingerprint density at radius 3 is 2.61 bits per heavy atom. The van der Waals surface area contributed by atoms with Gasteiger partial charge in [0.2, 0.25) is 0 Å². The maximum Gasteiger partial charge on any atom is 0.152 e. The van der Waals surface area contributed by atoms with Crippen molar-refractivity contribution in [1.82, 2.24) is 0 Å². The molecule has 1 aromatic rings. The van der Waals surface area contributed by atoms with E-state index >= 15 is 0 Å². The first kappa shape index (κ1) is 12.9. The van der Waals surface area contributed by atoms with Crippen molar-refractivity contribution in [2.45, 2.75) is 18.9 Å². The summed E-state index contributed by atoms with van der Waals surface area (Å²) >= 11 is 0. The lowest BCUT2D eigenvalue weighted by molar-refractivity contribution is 0.599. The van der Waals surface area contributed by atoms with Crippen LogP contribution in [0.1, 0.15) is 12.8 Å². The molecule has 1 atom stereocenters. The van der Waals surface area contributed by atoms with Crippen molar-refractivity contribution in [1.29, 1.82) is 5.26 Å². The van der Waals surface area contributed by atoms with Crippen LogP contribution in [0.2, 0.25) is 0 Å². The second-order valence-electron chi connectivity index (χ2n) is 4.49. The van der Waals surface area contributed by atoms with Crippen molar-refractivity contribution in [3.63, 3.8) is 0 Å². The van der Waals surface area contributed by atoms with E-state index in [1.165, 1.54) is 0 Å². The van der Waals surface area contributed by atoms with Gasteiger partial charge in [0.25, 0.3) is 0 Å². The van der Waals surface area contributed by atoms with Crippen LogP contribution in [-0.4, -0.2) is 32.5 Å².